The van der Waals surface area contributed by atoms with Crippen molar-refractivity contribution in [1.82, 2.24) is 10.2 Å². The van der Waals surface area contributed by atoms with Gasteiger partial charge in [-0.25, -0.2) is 0 Å². The van der Waals surface area contributed by atoms with Crippen molar-refractivity contribution in [2.45, 2.75) is 13.1 Å². The molecule has 2 rings (SSSR count). The van der Waals surface area contributed by atoms with Crippen molar-refractivity contribution in [2.75, 3.05) is 13.1 Å². The largest absolute Gasteiger partial charge is 0.322 e. The molecule has 1 amide bonds. The second kappa shape index (κ2) is 4.50. The molecule has 90 valence electrons. The van der Waals surface area contributed by atoms with E-state index in [4.69, 9.17) is 0 Å². The van der Waals surface area contributed by atoms with Gasteiger partial charge in [0.15, 0.2) is 0 Å². The maximum atomic E-state index is 11.5. The Morgan fingerprint density at radius 2 is 2.35 bits per heavy atom. The molecule has 0 aliphatic carbocycles. The SMILES string of the molecule is CCN1C(=O)CNC1c1cccc([N+](=O)[O-])c1. The molecule has 0 radical (unpaired) electrons. The van der Waals surface area contributed by atoms with E-state index in [1.54, 1.807) is 17.0 Å². The Bertz CT molecular complexity index is 461. The maximum absolute atomic E-state index is 11.5. The van der Waals surface area contributed by atoms with Crippen LogP contribution in [0.3, 0.4) is 0 Å². The van der Waals surface area contributed by atoms with Crippen LogP contribution in [0.2, 0.25) is 0 Å². The average molecular weight is 235 g/mol. The van der Waals surface area contributed by atoms with Crippen LogP contribution in [0, 0.1) is 10.1 Å². The predicted molar refractivity (Wildman–Crippen MR) is 61.2 cm³/mol. The van der Waals surface area contributed by atoms with E-state index in [9.17, 15) is 14.9 Å². The zero-order valence-electron chi connectivity index (χ0n) is 9.42. The van der Waals surface area contributed by atoms with E-state index in [-0.39, 0.29) is 24.3 Å². The van der Waals surface area contributed by atoms with Crippen LogP contribution in [-0.2, 0) is 4.79 Å². The lowest BCUT2D eigenvalue weighted by molar-refractivity contribution is -0.385. The molecule has 1 aromatic rings. The van der Waals surface area contributed by atoms with E-state index < -0.39 is 4.92 Å². The summed E-state index contributed by atoms with van der Waals surface area (Å²) in [4.78, 5) is 23.5. The van der Waals surface area contributed by atoms with Crippen LogP contribution in [-0.4, -0.2) is 28.8 Å². The lowest BCUT2D eigenvalue weighted by Gasteiger charge is -2.22. The van der Waals surface area contributed by atoms with Gasteiger partial charge in [-0.2, -0.15) is 0 Å². The fourth-order valence-electron chi connectivity index (χ4n) is 2.00. The lowest BCUT2D eigenvalue weighted by atomic mass is 10.1. The molecular weight excluding hydrogens is 222 g/mol. The molecule has 0 bridgehead atoms. The normalized spacial score (nSPS) is 19.7. The molecule has 1 aromatic carbocycles. The summed E-state index contributed by atoms with van der Waals surface area (Å²) < 4.78 is 0. The van der Waals surface area contributed by atoms with Crippen LogP contribution < -0.4 is 5.32 Å². The van der Waals surface area contributed by atoms with Gasteiger partial charge in [0, 0.05) is 18.7 Å². The fourth-order valence-corrected chi connectivity index (χ4v) is 2.00. The van der Waals surface area contributed by atoms with Gasteiger partial charge in [0.05, 0.1) is 11.5 Å². The highest BCUT2D eigenvalue weighted by Gasteiger charge is 2.30. The highest BCUT2D eigenvalue weighted by Crippen LogP contribution is 2.24. The minimum absolute atomic E-state index is 0.0176. The summed E-state index contributed by atoms with van der Waals surface area (Å²) in [5.74, 6) is 0.0176. The third-order valence-corrected chi connectivity index (χ3v) is 2.82. The number of hydrogen-bond acceptors (Lipinski definition) is 4. The number of carbonyl (C=O) groups excluding carboxylic acids is 1. The van der Waals surface area contributed by atoms with Crippen LogP contribution >= 0.6 is 0 Å². The quantitative estimate of drug-likeness (QED) is 0.627. The number of amides is 1. The minimum Gasteiger partial charge on any atom is -0.322 e. The van der Waals surface area contributed by atoms with E-state index in [0.29, 0.717) is 6.54 Å². The first kappa shape index (κ1) is 11.5. The van der Waals surface area contributed by atoms with Gasteiger partial charge >= 0.3 is 0 Å². The number of non-ortho nitro benzene ring substituents is 1. The highest BCUT2D eigenvalue weighted by atomic mass is 16.6. The minimum atomic E-state index is -0.434. The first-order valence-electron chi connectivity index (χ1n) is 5.40. The third-order valence-electron chi connectivity index (χ3n) is 2.82. The van der Waals surface area contributed by atoms with Crippen molar-refractivity contribution < 1.29 is 9.72 Å². The second-order valence-corrected chi connectivity index (χ2v) is 3.82. The smallest absolute Gasteiger partial charge is 0.269 e. The predicted octanol–water partition coefficient (Wildman–Crippen LogP) is 1.05. The number of nitro benzene ring substituents is 1. The van der Waals surface area contributed by atoms with Crippen LogP contribution in [0.15, 0.2) is 24.3 Å². The van der Waals surface area contributed by atoms with Crippen molar-refractivity contribution in [3.63, 3.8) is 0 Å². The van der Waals surface area contributed by atoms with Gasteiger partial charge in [-0.15, -0.1) is 0 Å². The Balaban J connectivity index is 2.31. The van der Waals surface area contributed by atoms with Crippen LogP contribution in [0.25, 0.3) is 0 Å². The number of nitrogens with one attached hydrogen (secondary N) is 1. The molecule has 0 aromatic heterocycles. The molecule has 1 atom stereocenters. The summed E-state index contributed by atoms with van der Waals surface area (Å²) in [6.07, 6.45) is -0.257. The summed E-state index contributed by atoms with van der Waals surface area (Å²) in [6, 6.07) is 6.35. The number of carbonyl (C=O) groups is 1. The number of likely N-dealkylation sites (N-methyl/N-ethyl adjacent to an activating group) is 1. The number of nitrogens with zero attached hydrogens (tertiary/aromatic N) is 2. The monoisotopic (exact) mass is 235 g/mol. The van der Waals surface area contributed by atoms with Crippen molar-refractivity contribution in [3.8, 4) is 0 Å². The van der Waals surface area contributed by atoms with E-state index in [2.05, 4.69) is 5.32 Å². The molecule has 1 aliphatic heterocycles. The summed E-state index contributed by atoms with van der Waals surface area (Å²) in [5.41, 5.74) is 0.784. The Kier molecular flexibility index (Phi) is 3.06. The molecule has 1 fully saturated rings. The van der Waals surface area contributed by atoms with Crippen LogP contribution in [0.4, 0.5) is 5.69 Å². The van der Waals surface area contributed by atoms with Gasteiger partial charge in [-0.3, -0.25) is 20.2 Å². The van der Waals surface area contributed by atoms with Gasteiger partial charge in [0.1, 0.15) is 6.17 Å². The van der Waals surface area contributed by atoms with Crippen molar-refractivity contribution in [2.24, 2.45) is 0 Å². The van der Waals surface area contributed by atoms with Gasteiger partial charge in [-0.1, -0.05) is 12.1 Å². The number of rotatable bonds is 3. The zero-order valence-corrected chi connectivity index (χ0v) is 9.42. The molecule has 1 saturated heterocycles. The summed E-state index contributed by atoms with van der Waals surface area (Å²) in [6.45, 7) is 2.75. The standard InChI is InChI=1S/C11H13N3O3/c1-2-13-10(15)7-12-11(13)8-4-3-5-9(6-8)14(16)17/h3-6,11-12H,2,7H2,1H3. The molecule has 1 aliphatic rings. The number of hydrogen-bond donors (Lipinski definition) is 1. The Hall–Kier alpha value is -1.95. The first-order chi connectivity index (χ1) is 8.13. The zero-order chi connectivity index (χ0) is 12.4. The van der Waals surface area contributed by atoms with Crippen LogP contribution in [0.1, 0.15) is 18.7 Å². The Morgan fingerprint density at radius 3 is 3.00 bits per heavy atom. The molecule has 17 heavy (non-hydrogen) atoms. The molecule has 1 heterocycles. The topological polar surface area (TPSA) is 75.5 Å². The molecule has 1 N–H and O–H groups in total. The van der Waals surface area contributed by atoms with E-state index in [1.807, 2.05) is 6.92 Å². The second-order valence-electron chi connectivity index (χ2n) is 3.82. The van der Waals surface area contributed by atoms with Gasteiger partial charge in [0.25, 0.3) is 5.69 Å². The third kappa shape index (κ3) is 2.12. The average Bonchev–Trinajstić information content (AvgIpc) is 2.70. The Labute approximate surface area is 98.4 Å². The molecule has 1 unspecified atom stereocenters. The first-order valence-corrected chi connectivity index (χ1v) is 5.40. The summed E-state index contributed by atoms with van der Waals surface area (Å²) in [5, 5.41) is 13.7. The van der Waals surface area contributed by atoms with Gasteiger partial charge < -0.3 is 4.90 Å². The number of benzene rings is 1. The van der Waals surface area contributed by atoms with Gasteiger partial charge in [0.2, 0.25) is 5.91 Å². The van der Waals surface area contributed by atoms with E-state index >= 15 is 0 Å². The van der Waals surface area contributed by atoms with Crippen LogP contribution in [0.5, 0.6) is 0 Å². The van der Waals surface area contributed by atoms with Crippen molar-refractivity contribution >= 4 is 11.6 Å². The van der Waals surface area contributed by atoms with E-state index in [0.717, 1.165) is 5.56 Å². The van der Waals surface area contributed by atoms with Gasteiger partial charge in [-0.05, 0) is 12.5 Å². The highest BCUT2D eigenvalue weighted by molar-refractivity contribution is 5.80. The number of nitro groups is 1. The molecular formula is C11H13N3O3. The fraction of sp³-hybridized carbons (Fsp3) is 0.364. The summed E-state index contributed by atoms with van der Waals surface area (Å²) in [7, 11) is 0. The molecule has 6 heteroatoms. The lowest BCUT2D eigenvalue weighted by Crippen LogP contribution is -2.29. The maximum Gasteiger partial charge on any atom is 0.269 e. The Morgan fingerprint density at radius 1 is 1.59 bits per heavy atom. The molecule has 6 nitrogen and oxygen atoms in total. The van der Waals surface area contributed by atoms with Crippen molar-refractivity contribution in [3.05, 3.63) is 39.9 Å². The summed E-state index contributed by atoms with van der Waals surface area (Å²) >= 11 is 0. The molecule has 0 spiro atoms. The molecule has 0 saturated carbocycles. The van der Waals surface area contributed by atoms with E-state index in [1.165, 1.54) is 12.1 Å². The van der Waals surface area contributed by atoms with Crippen molar-refractivity contribution in [1.29, 1.82) is 0 Å².